The molecule has 0 atom stereocenters. The van der Waals surface area contributed by atoms with Crippen LogP contribution in [-0.2, 0) is 6.42 Å². The van der Waals surface area contributed by atoms with Crippen LogP contribution in [0.2, 0.25) is 19.6 Å². The van der Waals surface area contributed by atoms with Gasteiger partial charge in [0.1, 0.15) is 11.3 Å². The molecule has 0 amide bonds. The van der Waals surface area contributed by atoms with Crippen molar-refractivity contribution in [2.45, 2.75) is 53.8 Å². The molecule has 33 heavy (non-hydrogen) atoms. The first-order valence-electron chi connectivity index (χ1n) is 12.0. The maximum Gasteiger partial charge on any atom is 0.146 e. The standard InChI is InChI=1S/C30H33NOSi/c1-18(2)12-23-17-25-29(31-26-14-19(3)13-20(4)28(26)30(25)32-23)22-15-21-10-8-9-11-24(21)27(16-22)33(5,6)7/h8-11,13-18H,12H2,1-7H3. The van der Waals surface area contributed by atoms with E-state index in [9.17, 15) is 0 Å². The second kappa shape index (κ2) is 7.84. The molecular weight excluding hydrogens is 418 g/mol. The van der Waals surface area contributed by atoms with Gasteiger partial charge in [-0.3, -0.25) is 0 Å². The van der Waals surface area contributed by atoms with E-state index < -0.39 is 8.07 Å². The molecule has 3 aromatic carbocycles. The number of nitrogens with zero attached hydrogens (tertiary/aromatic N) is 1. The lowest BCUT2D eigenvalue weighted by Gasteiger charge is -2.21. The molecule has 0 spiro atoms. The third kappa shape index (κ3) is 3.89. The van der Waals surface area contributed by atoms with Crippen LogP contribution in [0.1, 0.15) is 30.7 Å². The number of pyridine rings is 1. The van der Waals surface area contributed by atoms with Crippen LogP contribution >= 0.6 is 0 Å². The molecule has 0 aliphatic heterocycles. The van der Waals surface area contributed by atoms with Gasteiger partial charge in [0.2, 0.25) is 0 Å². The van der Waals surface area contributed by atoms with Crippen molar-refractivity contribution in [3.63, 3.8) is 0 Å². The SMILES string of the molecule is Cc1cc(C)c2c(c1)nc(-c1cc([Si](C)(C)C)c3ccccc3c1)c1cc(CC(C)C)oc12. The van der Waals surface area contributed by atoms with Crippen molar-refractivity contribution in [1.29, 1.82) is 0 Å². The molecule has 0 aliphatic rings. The van der Waals surface area contributed by atoms with Crippen molar-refractivity contribution in [1.82, 2.24) is 4.98 Å². The van der Waals surface area contributed by atoms with Crippen LogP contribution < -0.4 is 5.19 Å². The van der Waals surface area contributed by atoms with Gasteiger partial charge in [-0.05, 0) is 59.9 Å². The lowest BCUT2D eigenvalue weighted by Crippen LogP contribution is -2.38. The summed E-state index contributed by atoms with van der Waals surface area (Å²) in [5.41, 5.74) is 6.67. The van der Waals surface area contributed by atoms with Crippen molar-refractivity contribution in [3.8, 4) is 11.3 Å². The van der Waals surface area contributed by atoms with Gasteiger partial charge >= 0.3 is 0 Å². The lowest BCUT2D eigenvalue weighted by molar-refractivity contribution is 0.501. The fourth-order valence-corrected chi connectivity index (χ4v) is 6.73. The zero-order valence-electron chi connectivity index (χ0n) is 20.8. The second-order valence-electron chi connectivity index (χ2n) is 11.0. The molecule has 0 aliphatic carbocycles. The Labute approximate surface area is 197 Å². The average Bonchev–Trinajstić information content (AvgIpc) is 3.13. The molecule has 0 bridgehead atoms. The fourth-order valence-electron chi connectivity index (χ4n) is 5.10. The summed E-state index contributed by atoms with van der Waals surface area (Å²) in [6.07, 6.45) is 0.929. The van der Waals surface area contributed by atoms with Gasteiger partial charge in [0.05, 0.1) is 19.3 Å². The molecule has 0 N–H and O–H groups in total. The zero-order chi connectivity index (χ0) is 23.5. The minimum Gasteiger partial charge on any atom is -0.460 e. The molecule has 168 valence electrons. The summed E-state index contributed by atoms with van der Waals surface area (Å²) in [6.45, 7) is 16.1. The highest BCUT2D eigenvalue weighted by Gasteiger charge is 2.23. The summed E-state index contributed by atoms with van der Waals surface area (Å²) < 4.78 is 6.53. The van der Waals surface area contributed by atoms with E-state index in [4.69, 9.17) is 9.40 Å². The monoisotopic (exact) mass is 451 g/mol. The molecular formula is C30H33NOSi. The maximum absolute atomic E-state index is 6.53. The normalized spacial score (nSPS) is 12.5. The molecule has 5 rings (SSSR count). The third-order valence-electron chi connectivity index (χ3n) is 6.51. The first kappa shape index (κ1) is 21.9. The Balaban J connectivity index is 1.89. The Kier molecular flexibility index (Phi) is 5.21. The van der Waals surface area contributed by atoms with Crippen LogP contribution in [0.3, 0.4) is 0 Å². The van der Waals surface area contributed by atoms with Crippen molar-refractivity contribution in [2.75, 3.05) is 0 Å². The number of benzene rings is 3. The summed E-state index contributed by atoms with van der Waals surface area (Å²) in [4.78, 5) is 5.27. The summed E-state index contributed by atoms with van der Waals surface area (Å²) in [7, 11) is -1.57. The maximum atomic E-state index is 6.53. The van der Waals surface area contributed by atoms with Crippen LogP contribution in [0.15, 0.2) is 59.0 Å². The van der Waals surface area contributed by atoms with Gasteiger partial charge in [0, 0.05) is 22.8 Å². The molecule has 3 heteroatoms. The van der Waals surface area contributed by atoms with E-state index in [1.165, 1.54) is 32.6 Å². The van der Waals surface area contributed by atoms with Gasteiger partial charge in [-0.25, -0.2) is 4.98 Å². The first-order valence-corrected chi connectivity index (χ1v) is 15.5. The van der Waals surface area contributed by atoms with Crippen molar-refractivity contribution >= 4 is 45.9 Å². The van der Waals surface area contributed by atoms with Gasteiger partial charge in [-0.2, -0.15) is 0 Å². The molecule has 0 radical (unpaired) electrons. The van der Waals surface area contributed by atoms with E-state index in [1.807, 2.05) is 0 Å². The Morgan fingerprint density at radius 2 is 1.67 bits per heavy atom. The topological polar surface area (TPSA) is 26.0 Å². The number of furan rings is 1. The predicted octanol–water partition coefficient (Wildman–Crippen LogP) is 8.16. The van der Waals surface area contributed by atoms with Crippen molar-refractivity contribution < 1.29 is 4.42 Å². The van der Waals surface area contributed by atoms with Crippen LogP contribution in [0.4, 0.5) is 0 Å². The molecule has 2 aromatic heterocycles. The van der Waals surface area contributed by atoms with Crippen molar-refractivity contribution in [3.05, 3.63) is 71.5 Å². The van der Waals surface area contributed by atoms with E-state index in [0.29, 0.717) is 5.92 Å². The molecule has 5 aromatic rings. The minimum absolute atomic E-state index is 0.538. The number of hydrogen-bond acceptors (Lipinski definition) is 2. The summed E-state index contributed by atoms with van der Waals surface area (Å²) >= 11 is 0. The molecule has 0 unspecified atom stereocenters. The van der Waals surface area contributed by atoms with Gasteiger partial charge in [0.25, 0.3) is 0 Å². The van der Waals surface area contributed by atoms with Gasteiger partial charge in [-0.1, -0.05) is 75.1 Å². The van der Waals surface area contributed by atoms with E-state index in [1.54, 1.807) is 0 Å². The number of aromatic nitrogens is 1. The van der Waals surface area contributed by atoms with E-state index in [0.717, 1.165) is 39.7 Å². The smallest absolute Gasteiger partial charge is 0.146 e. The number of fused-ring (bicyclic) bond motifs is 4. The summed E-state index contributed by atoms with van der Waals surface area (Å²) in [6, 6.07) is 20.1. The van der Waals surface area contributed by atoms with E-state index in [2.05, 4.69) is 102 Å². The highest BCUT2D eigenvalue weighted by atomic mass is 28.3. The van der Waals surface area contributed by atoms with Crippen LogP contribution in [0.25, 0.3) is 43.9 Å². The third-order valence-corrected chi connectivity index (χ3v) is 8.54. The number of rotatable bonds is 4. The van der Waals surface area contributed by atoms with Gasteiger partial charge in [0.15, 0.2) is 0 Å². The predicted molar refractivity (Wildman–Crippen MR) is 145 cm³/mol. The molecule has 0 saturated heterocycles. The molecule has 2 nitrogen and oxygen atoms in total. The zero-order valence-corrected chi connectivity index (χ0v) is 21.8. The highest BCUT2D eigenvalue weighted by molar-refractivity contribution is 6.90. The van der Waals surface area contributed by atoms with Crippen molar-refractivity contribution in [2.24, 2.45) is 5.92 Å². The fraction of sp³-hybridized carbons (Fsp3) is 0.300. The quantitative estimate of drug-likeness (QED) is 0.258. The van der Waals surface area contributed by atoms with E-state index in [-0.39, 0.29) is 0 Å². The Morgan fingerprint density at radius 3 is 2.39 bits per heavy atom. The number of hydrogen-bond donors (Lipinski definition) is 0. The first-order chi connectivity index (χ1) is 15.6. The Bertz CT molecular complexity index is 1520. The Morgan fingerprint density at radius 1 is 0.909 bits per heavy atom. The molecule has 0 fully saturated rings. The average molecular weight is 452 g/mol. The van der Waals surface area contributed by atoms with Crippen LogP contribution in [0.5, 0.6) is 0 Å². The largest absolute Gasteiger partial charge is 0.460 e. The lowest BCUT2D eigenvalue weighted by atomic mass is 9.99. The minimum atomic E-state index is -1.57. The Hall–Kier alpha value is -2.91. The van der Waals surface area contributed by atoms with Crippen LogP contribution in [-0.4, -0.2) is 13.1 Å². The van der Waals surface area contributed by atoms with Gasteiger partial charge < -0.3 is 4.42 Å². The van der Waals surface area contributed by atoms with Crippen LogP contribution in [0, 0.1) is 19.8 Å². The highest BCUT2D eigenvalue weighted by Crippen LogP contribution is 2.38. The summed E-state index contributed by atoms with van der Waals surface area (Å²) in [5, 5.41) is 6.41. The summed E-state index contributed by atoms with van der Waals surface area (Å²) in [5.74, 6) is 1.58. The van der Waals surface area contributed by atoms with E-state index >= 15 is 0 Å². The molecule has 0 saturated carbocycles. The molecule has 2 heterocycles. The number of aryl methyl sites for hydroxylation is 2. The van der Waals surface area contributed by atoms with Gasteiger partial charge in [-0.15, -0.1) is 0 Å². The second-order valence-corrected chi connectivity index (χ2v) is 16.0.